The Morgan fingerprint density at radius 2 is 2.17 bits per heavy atom. The second-order valence-corrected chi connectivity index (χ2v) is 6.59. The first kappa shape index (κ1) is 13.9. The molecule has 2 atom stereocenters. The van der Waals surface area contributed by atoms with Crippen molar-refractivity contribution in [3.63, 3.8) is 0 Å². The number of hydrogen-bond donors (Lipinski definition) is 2. The van der Waals surface area contributed by atoms with Gasteiger partial charge in [0.1, 0.15) is 17.2 Å². The first-order chi connectivity index (χ1) is 16.5. The summed E-state index contributed by atoms with van der Waals surface area (Å²) >= 11 is 0. The molecule has 1 aromatic carbocycles. The fraction of sp³-hybridized carbons (Fsp3) is 0.350. The summed E-state index contributed by atoms with van der Waals surface area (Å²) < 4.78 is 81.3. The molecule has 2 aliphatic rings. The number of carbonyl (C=O) groups excluding carboxylic acids is 2. The number of halogens is 2. The minimum atomic E-state index is -3.03. The van der Waals surface area contributed by atoms with E-state index in [1.165, 1.54) is 0 Å². The van der Waals surface area contributed by atoms with Gasteiger partial charge >= 0.3 is 0 Å². The molecule has 2 amide bonds. The largest absolute Gasteiger partial charge is 0.503 e. The zero-order chi connectivity index (χ0) is 27.0. The van der Waals surface area contributed by atoms with Crippen LogP contribution in [0.5, 0.6) is 5.75 Å². The summed E-state index contributed by atoms with van der Waals surface area (Å²) in [7, 11) is 0. The summed E-state index contributed by atoms with van der Waals surface area (Å²) in [5, 5.41) is 12.7. The maximum absolute atomic E-state index is 13.9. The molecule has 2 N–H and O–H groups in total. The van der Waals surface area contributed by atoms with E-state index in [1.807, 2.05) is 0 Å². The van der Waals surface area contributed by atoms with Crippen molar-refractivity contribution in [3.8, 4) is 5.75 Å². The molecule has 0 aliphatic carbocycles. The predicted octanol–water partition coefficient (Wildman–Crippen LogP) is 1.35. The highest BCUT2D eigenvalue weighted by molar-refractivity contribution is 5.99. The Balaban J connectivity index is 1.77. The summed E-state index contributed by atoms with van der Waals surface area (Å²) in [4.78, 5) is 39.1. The van der Waals surface area contributed by atoms with Crippen LogP contribution in [0.3, 0.4) is 0 Å². The number of nitrogens with zero attached hydrogens (tertiary/aromatic N) is 2. The Kier molecular flexibility index (Phi) is 3.48. The zero-order valence-corrected chi connectivity index (χ0v) is 15.4. The maximum atomic E-state index is 13.9. The maximum Gasteiger partial charge on any atom is 0.276 e. The summed E-state index contributed by atoms with van der Waals surface area (Å²) in [5.41, 5.74) is -3.21. The Bertz CT molecular complexity index is 1350. The molecular formula is C20H19F2N3O5. The van der Waals surface area contributed by atoms with Crippen molar-refractivity contribution in [2.75, 3.05) is 6.56 Å². The number of rotatable bonds is 3. The Morgan fingerprint density at radius 1 is 1.40 bits per heavy atom. The summed E-state index contributed by atoms with van der Waals surface area (Å²) in [5.74, 6) is -5.52. The third-order valence-corrected chi connectivity index (χ3v) is 4.68. The van der Waals surface area contributed by atoms with Gasteiger partial charge in [0, 0.05) is 33.2 Å². The summed E-state index contributed by atoms with van der Waals surface area (Å²) in [6.45, 7) is -5.28. The Morgan fingerprint density at radius 3 is 2.90 bits per heavy atom. The number of pyridine rings is 1. The average Bonchev–Trinajstić information content (AvgIpc) is 2.77. The monoisotopic (exact) mass is 425 g/mol. The average molecular weight is 425 g/mol. The molecule has 1 aromatic heterocycles. The van der Waals surface area contributed by atoms with Gasteiger partial charge in [0.25, 0.3) is 11.8 Å². The number of carbonyl (C=O) groups is 2. The van der Waals surface area contributed by atoms with E-state index >= 15 is 0 Å². The standard InChI is InChI=1S/C20H19F2N3O5/c1-10-4-5-30-15-9-24-8-13(17(26)18(27)16(24)20(29)25(10)15)19(28)23-7-11-2-3-12(21)6-14(11)22/h2-3,6,8,10,15,27H,4-5,7,9H2,1H3,(H,23,28)/t10-,15+/m1/s1/i4D2,5D2,9D2. The molecule has 0 bridgehead atoms. The van der Waals surface area contributed by atoms with Crippen molar-refractivity contribution >= 4 is 11.8 Å². The van der Waals surface area contributed by atoms with Gasteiger partial charge in [-0.1, -0.05) is 6.07 Å². The Hall–Kier alpha value is -3.27. The predicted molar refractivity (Wildman–Crippen MR) is 99.9 cm³/mol. The number of aromatic hydroxyl groups is 1. The molecule has 0 unspecified atom stereocenters. The van der Waals surface area contributed by atoms with E-state index < -0.39 is 84.1 Å². The zero-order valence-electron chi connectivity index (χ0n) is 21.4. The molecule has 8 nitrogen and oxygen atoms in total. The molecule has 2 aliphatic heterocycles. The minimum absolute atomic E-state index is 0.130. The van der Waals surface area contributed by atoms with E-state index in [0.717, 1.165) is 19.1 Å². The highest BCUT2D eigenvalue weighted by Crippen LogP contribution is 2.29. The van der Waals surface area contributed by atoms with Crippen molar-refractivity contribution < 1.29 is 36.4 Å². The lowest BCUT2D eigenvalue weighted by molar-refractivity contribution is -0.112. The Labute approximate surface area is 178 Å². The van der Waals surface area contributed by atoms with Crippen molar-refractivity contribution in [1.82, 2.24) is 14.8 Å². The van der Waals surface area contributed by atoms with E-state index in [-0.39, 0.29) is 5.56 Å². The van der Waals surface area contributed by atoms with Gasteiger partial charge in [-0.3, -0.25) is 14.4 Å². The molecule has 1 fully saturated rings. The van der Waals surface area contributed by atoms with Gasteiger partial charge in [0.15, 0.2) is 17.7 Å². The topological polar surface area (TPSA) is 101 Å². The fourth-order valence-corrected chi connectivity index (χ4v) is 3.12. The molecule has 158 valence electrons. The molecule has 4 rings (SSSR count). The lowest BCUT2D eigenvalue weighted by Crippen LogP contribution is -2.57. The van der Waals surface area contributed by atoms with Crippen LogP contribution in [0.1, 0.15) is 47.9 Å². The van der Waals surface area contributed by atoms with Crippen molar-refractivity contribution in [1.29, 1.82) is 0 Å². The number of aromatic nitrogens is 1. The van der Waals surface area contributed by atoms with Gasteiger partial charge in [-0.05, 0) is 19.4 Å². The van der Waals surface area contributed by atoms with Crippen LogP contribution in [-0.4, -0.2) is 45.2 Å². The number of benzene rings is 1. The number of amides is 2. The van der Waals surface area contributed by atoms with Gasteiger partial charge in [0.05, 0.1) is 18.5 Å². The van der Waals surface area contributed by atoms with E-state index in [0.29, 0.717) is 21.7 Å². The van der Waals surface area contributed by atoms with E-state index in [2.05, 4.69) is 5.32 Å². The summed E-state index contributed by atoms with van der Waals surface area (Å²) in [6.07, 6.45) is -4.18. The number of hydrogen-bond acceptors (Lipinski definition) is 5. The van der Waals surface area contributed by atoms with Crippen LogP contribution in [0, 0.1) is 11.6 Å². The smallest absolute Gasteiger partial charge is 0.276 e. The normalized spacial score (nSPS) is 28.5. The van der Waals surface area contributed by atoms with Crippen molar-refractivity contribution in [3.05, 3.63) is 63.1 Å². The van der Waals surface area contributed by atoms with Gasteiger partial charge in [-0.25, -0.2) is 8.78 Å². The molecule has 1 saturated heterocycles. The lowest BCUT2D eigenvalue weighted by Gasteiger charge is -2.44. The highest BCUT2D eigenvalue weighted by atomic mass is 19.1. The van der Waals surface area contributed by atoms with Crippen LogP contribution in [-0.2, 0) is 17.8 Å². The van der Waals surface area contributed by atoms with E-state index in [4.69, 9.17) is 13.0 Å². The van der Waals surface area contributed by atoms with Crippen molar-refractivity contribution in [2.45, 2.75) is 38.6 Å². The van der Waals surface area contributed by atoms with Gasteiger partial charge < -0.3 is 24.6 Å². The molecule has 10 heteroatoms. The van der Waals surface area contributed by atoms with Gasteiger partial charge in [-0.2, -0.15) is 0 Å². The number of nitrogens with one attached hydrogen (secondary N) is 1. The third-order valence-electron chi connectivity index (χ3n) is 4.68. The minimum Gasteiger partial charge on any atom is -0.503 e. The molecule has 0 radical (unpaired) electrons. The first-order valence-corrected chi connectivity index (χ1v) is 8.74. The fourth-order valence-electron chi connectivity index (χ4n) is 3.12. The number of ether oxygens (including phenoxy) is 1. The van der Waals surface area contributed by atoms with Crippen LogP contribution < -0.4 is 10.7 Å². The van der Waals surface area contributed by atoms with Crippen LogP contribution in [0.2, 0.25) is 0 Å². The van der Waals surface area contributed by atoms with Crippen LogP contribution >= 0.6 is 0 Å². The van der Waals surface area contributed by atoms with E-state index in [1.54, 1.807) is 0 Å². The van der Waals surface area contributed by atoms with Crippen LogP contribution in [0.25, 0.3) is 0 Å². The van der Waals surface area contributed by atoms with Crippen molar-refractivity contribution in [2.24, 2.45) is 0 Å². The van der Waals surface area contributed by atoms with Gasteiger partial charge in [0.2, 0.25) is 5.43 Å². The van der Waals surface area contributed by atoms with Crippen LogP contribution in [0.15, 0.2) is 29.2 Å². The summed E-state index contributed by atoms with van der Waals surface area (Å²) in [6, 6.07) is 1.01. The molecule has 0 spiro atoms. The van der Waals surface area contributed by atoms with E-state index in [9.17, 15) is 28.3 Å². The second-order valence-electron chi connectivity index (χ2n) is 6.59. The van der Waals surface area contributed by atoms with Gasteiger partial charge in [-0.15, -0.1) is 0 Å². The quantitative estimate of drug-likeness (QED) is 0.773. The highest BCUT2D eigenvalue weighted by Gasteiger charge is 2.41. The molecule has 2 aromatic rings. The third kappa shape index (κ3) is 3.32. The molecule has 0 saturated carbocycles. The van der Waals surface area contributed by atoms with Crippen LogP contribution in [0.4, 0.5) is 8.78 Å². The first-order valence-electron chi connectivity index (χ1n) is 11.7. The molecule has 3 heterocycles. The molecular weight excluding hydrogens is 400 g/mol. The number of fused-ring (bicyclic) bond motifs is 2. The SMILES string of the molecule is [2H]C1([2H])[C@@H]2OC([2H])([2H])C([2H])([2H])[C@@H](C)N2C(=O)c2c(O)c(=O)c(C(=O)NCc3ccc(F)cc3F)cn21. The lowest BCUT2D eigenvalue weighted by atomic mass is 10.1. The molecule has 30 heavy (non-hydrogen) atoms. The second kappa shape index (κ2) is 7.52.